The second-order valence-electron chi connectivity index (χ2n) is 3.72. The van der Waals surface area contributed by atoms with Gasteiger partial charge in [0.2, 0.25) is 0 Å². The highest BCUT2D eigenvalue weighted by Gasteiger charge is 2.03. The van der Waals surface area contributed by atoms with Crippen molar-refractivity contribution in [3.63, 3.8) is 0 Å². The molecule has 0 heterocycles. The van der Waals surface area contributed by atoms with E-state index in [9.17, 15) is 0 Å². The molecule has 1 N–H and O–H groups in total. The summed E-state index contributed by atoms with van der Waals surface area (Å²) in [4.78, 5) is 2.42. The number of nitrogens with zero attached hydrogens (tertiary/aromatic N) is 1. The van der Waals surface area contributed by atoms with Gasteiger partial charge in [-0.25, -0.2) is 0 Å². The van der Waals surface area contributed by atoms with Gasteiger partial charge in [-0.15, -0.1) is 0 Å². The number of hydrogen-bond donors (Lipinski definition) is 0. The standard InChI is InChI=1S/C13H21N2/c1-3-15(4-2)10-9-12-7-5-6-8-13(12)11-14/h5-8,14H,3-4,9-11H2,1-2H3. The summed E-state index contributed by atoms with van der Waals surface area (Å²) in [7, 11) is 0. The van der Waals surface area contributed by atoms with Gasteiger partial charge >= 0.3 is 0 Å². The van der Waals surface area contributed by atoms with Crippen LogP contribution in [0, 0.1) is 0 Å². The average Bonchev–Trinajstić information content (AvgIpc) is 2.31. The summed E-state index contributed by atoms with van der Waals surface area (Å²) in [5.41, 5.74) is 9.95. The van der Waals surface area contributed by atoms with Gasteiger partial charge in [0.1, 0.15) is 0 Å². The second-order valence-corrected chi connectivity index (χ2v) is 3.72. The van der Waals surface area contributed by atoms with Crippen LogP contribution in [0.3, 0.4) is 0 Å². The van der Waals surface area contributed by atoms with Gasteiger partial charge in [0.15, 0.2) is 0 Å². The topological polar surface area (TPSA) is 27.0 Å². The summed E-state index contributed by atoms with van der Waals surface area (Å²) in [5.74, 6) is 0. The van der Waals surface area contributed by atoms with Gasteiger partial charge < -0.3 is 4.90 Å². The highest BCUT2D eigenvalue weighted by Crippen LogP contribution is 2.09. The third-order valence-electron chi connectivity index (χ3n) is 2.90. The van der Waals surface area contributed by atoms with Crippen molar-refractivity contribution in [2.75, 3.05) is 19.6 Å². The second kappa shape index (κ2) is 6.59. The van der Waals surface area contributed by atoms with Crippen LogP contribution in [0.4, 0.5) is 0 Å². The fraction of sp³-hybridized carbons (Fsp3) is 0.538. The molecule has 0 bridgehead atoms. The lowest BCUT2D eigenvalue weighted by Crippen LogP contribution is -2.25. The Bertz CT molecular complexity index is 280. The number of rotatable bonds is 6. The van der Waals surface area contributed by atoms with Crippen LogP contribution in [0.2, 0.25) is 0 Å². The highest BCUT2D eigenvalue weighted by atomic mass is 15.1. The highest BCUT2D eigenvalue weighted by molar-refractivity contribution is 5.27. The van der Waals surface area contributed by atoms with E-state index in [-0.39, 0.29) is 0 Å². The molecule has 0 aliphatic heterocycles. The van der Waals surface area contributed by atoms with Crippen LogP contribution in [0.5, 0.6) is 0 Å². The average molecular weight is 205 g/mol. The van der Waals surface area contributed by atoms with E-state index in [1.807, 2.05) is 6.07 Å². The Labute approximate surface area is 93.1 Å². The Morgan fingerprint density at radius 1 is 1.07 bits per heavy atom. The lowest BCUT2D eigenvalue weighted by Gasteiger charge is -2.18. The van der Waals surface area contributed by atoms with Crippen LogP contribution in [0.1, 0.15) is 25.0 Å². The summed E-state index contributed by atoms with van der Waals surface area (Å²) in [5, 5.41) is 0. The first-order valence-corrected chi connectivity index (χ1v) is 5.75. The van der Waals surface area contributed by atoms with Crippen LogP contribution in [0.25, 0.3) is 0 Å². The Hall–Kier alpha value is -0.860. The van der Waals surface area contributed by atoms with E-state index >= 15 is 0 Å². The van der Waals surface area contributed by atoms with Crippen molar-refractivity contribution in [1.82, 2.24) is 10.6 Å². The summed E-state index contributed by atoms with van der Waals surface area (Å²) in [6.07, 6.45) is 1.07. The molecule has 0 saturated carbocycles. The zero-order valence-corrected chi connectivity index (χ0v) is 9.79. The molecule has 2 nitrogen and oxygen atoms in total. The number of benzene rings is 1. The molecule has 0 atom stereocenters. The van der Waals surface area contributed by atoms with Gasteiger partial charge in [0, 0.05) is 13.1 Å². The van der Waals surface area contributed by atoms with Crippen LogP contribution in [-0.2, 0) is 13.0 Å². The van der Waals surface area contributed by atoms with Gasteiger partial charge in [-0.05, 0) is 30.6 Å². The minimum Gasteiger partial charge on any atom is -0.304 e. The van der Waals surface area contributed by atoms with E-state index < -0.39 is 0 Å². The maximum absolute atomic E-state index is 7.45. The smallest absolute Gasteiger partial charge is 0.0353 e. The molecule has 1 aromatic rings. The first-order valence-electron chi connectivity index (χ1n) is 5.75. The van der Waals surface area contributed by atoms with Gasteiger partial charge in [-0.2, -0.15) is 0 Å². The molecule has 0 saturated heterocycles. The molecular formula is C13H21N2. The van der Waals surface area contributed by atoms with Gasteiger partial charge in [0.25, 0.3) is 0 Å². The van der Waals surface area contributed by atoms with Crippen molar-refractivity contribution >= 4 is 0 Å². The molecule has 0 fully saturated rings. The predicted molar refractivity (Wildman–Crippen MR) is 64.7 cm³/mol. The number of nitrogens with one attached hydrogen (secondary N) is 1. The molecule has 83 valence electrons. The monoisotopic (exact) mass is 205 g/mol. The SMILES string of the molecule is CCN(CC)CCc1ccccc1C[NH]. The van der Waals surface area contributed by atoms with Gasteiger partial charge in [-0.3, -0.25) is 5.73 Å². The molecule has 15 heavy (non-hydrogen) atoms. The van der Waals surface area contributed by atoms with E-state index in [2.05, 4.69) is 36.9 Å². The van der Waals surface area contributed by atoms with E-state index in [0.717, 1.165) is 26.1 Å². The van der Waals surface area contributed by atoms with E-state index in [1.54, 1.807) is 0 Å². The molecule has 0 aliphatic rings. The summed E-state index contributed by atoms with van der Waals surface area (Å²) < 4.78 is 0. The Morgan fingerprint density at radius 2 is 1.67 bits per heavy atom. The zero-order chi connectivity index (χ0) is 11.1. The van der Waals surface area contributed by atoms with Crippen molar-refractivity contribution in [2.24, 2.45) is 0 Å². The fourth-order valence-corrected chi connectivity index (χ4v) is 1.79. The summed E-state index contributed by atoms with van der Waals surface area (Å²) in [6, 6.07) is 8.29. The Morgan fingerprint density at radius 3 is 2.20 bits per heavy atom. The van der Waals surface area contributed by atoms with E-state index in [1.165, 1.54) is 11.1 Å². The Balaban J connectivity index is 2.56. The van der Waals surface area contributed by atoms with Crippen LogP contribution >= 0.6 is 0 Å². The minimum atomic E-state index is 0.397. The van der Waals surface area contributed by atoms with Crippen molar-refractivity contribution < 1.29 is 0 Å². The van der Waals surface area contributed by atoms with Crippen LogP contribution < -0.4 is 5.73 Å². The molecule has 1 rings (SSSR count). The maximum Gasteiger partial charge on any atom is 0.0353 e. The van der Waals surface area contributed by atoms with E-state index in [4.69, 9.17) is 5.73 Å². The van der Waals surface area contributed by atoms with Crippen LogP contribution in [0.15, 0.2) is 24.3 Å². The summed E-state index contributed by atoms with van der Waals surface area (Å²) in [6.45, 7) is 8.11. The van der Waals surface area contributed by atoms with Crippen molar-refractivity contribution in [3.05, 3.63) is 35.4 Å². The molecule has 1 radical (unpaired) electrons. The predicted octanol–water partition coefficient (Wildman–Crippen LogP) is 2.35. The first kappa shape index (κ1) is 12.2. The molecule has 0 aromatic heterocycles. The number of likely N-dealkylation sites (N-methyl/N-ethyl adjacent to an activating group) is 1. The molecule has 0 amide bonds. The van der Waals surface area contributed by atoms with Gasteiger partial charge in [-0.1, -0.05) is 38.1 Å². The van der Waals surface area contributed by atoms with Crippen LogP contribution in [-0.4, -0.2) is 24.5 Å². The first-order chi connectivity index (χ1) is 7.31. The lowest BCUT2D eigenvalue weighted by atomic mass is 10.0. The Kier molecular flexibility index (Phi) is 5.37. The quantitative estimate of drug-likeness (QED) is 0.700. The molecule has 1 aromatic carbocycles. The fourth-order valence-electron chi connectivity index (χ4n) is 1.79. The molecule has 0 unspecified atom stereocenters. The zero-order valence-electron chi connectivity index (χ0n) is 9.79. The van der Waals surface area contributed by atoms with Gasteiger partial charge in [0.05, 0.1) is 0 Å². The number of hydrogen-bond acceptors (Lipinski definition) is 1. The van der Waals surface area contributed by atoms with Crippen molar-refractivity contribution in [2.45, 2.75) is 26.8 Å². The largest absolute Gasteiger partial charge is 0.304 e. The minimum absolute atomic E-state index is 0.397. The summed E-state index contributed by atoms with van der Waals surface area (Å²) >= 11 is 0. The van der Waals surface area contributed by atoms with Crippen molar-refractivity contribution in [1.29, 1.82) is 0 Å². The molecule has 0 spiro atoms. The third-order valence-corrected chi connectivity index (χ3v) is 2.90. The molecule has 2 heteroatoms. The molecular weight excluding hydrogens is 184 g/mol. The third kappa shape index (κ3) is 3.65. The van der Waals surface area contributed by atoms with Crippen molar-refractivity contribution in [3.8, 4) is 0 Å². The van der Waals surface area contributed by atoms with E-state index in [0.29, 0.717) is 6.54 Å². The lowest BCUT2D eigenvalue weighted by molar-refractivity contribution is 0.307. The molecule has 0 aliphatic carbocycles. The normalized spacial score (nSPS) is 10.9. The maximum atomic E-state index is 7.45.